The van der Waals surface area contributed by atoms with E-state index in [1.54, 1.807) is 0 Å². The Morgan fingerprint density at radius 1 is 0.917 bits per heavy atom. The maximum atomic E-state index is 12.1. The lowest BCUT2D eigenvalue weighted by Gasteiger charge is -2.65. The van der Waals surface area contributed by atoms with E-state index in [1.807, 2.05) is 0 Å². The van der Waals surface area contributed by atoms with Crippen LogP contribution in [0, 0.1) is 52.3 Å². The van der Waals surface area contributed by atoms with E-state index in [2.05, 4.69) is 27.7 Å². The molecule has 208 valence electrons. The van der Waals surface area contributed by atoms with Crippen LogP contribution in [0.15, 0.2) is 0 Å². The first-order chi connectivity index (χ1) is 17.2. The summed E-state index contributed by atoms with van der Waals surface area (Å²) < 4.78 is 12.4. The van der Waals surface area contributed by atoms with Crippen molar-refractivity contribution in [3.8, 4) is 0 Å². The van der Waals surface area contributed by atoms with Gasteiger partial charge in [0, 0.05) is 6.61 Å². The maximum Gasteiger partial charge on any atom is 0.157 e. The van der Waals surface area contributed by atoms with Gasteiger partial charge < -0.3 is 24.8 Å². The van der Waals surface area contributed by atoms with E-state index in [0.717, 1.165) is 45.1 Å². The number of fused-ring (bicyclic) bond motifs is 5. The summed E-state index contributed by atoms with van der Waals surface area (Å²) in [5, 5.41) is 30.9. The molecule has 1 saturated heterocycles. The van der Waals surface area contributed by atoms with Crippen LogP contribution in [0.25, 0.3) is 0 Å². The quantitative estimate of drug-likeness (QED) is 0.296. The van der Waals surface area contributed by atoms with E-state index in [-0.39, 0.29) is 23.9 Å². The summed E-state index contributed by atoms with van der Waals surface area (Å²) in [7, 11) is 0. The summed E-state index contributed by atoms with van der Waals surface area (Å²) in [5.41, 5.74) is 0.561. The Hall–Kier alpha value is -0.200. The van der Waals surface area contributed by atoms with Crippen LogP contribution in [0.3, 0.4) is 0 Å². The van der Waals surface area contributed by atoms with Crippen LogP contribution in [0.2, 0.25) is 0 Å². The minimum atomic E-state index is -1.20. The third kappa shape index (κ3) is 4.72. The van der Waals surface area contributed by atoms with Gasteiger partial charge in [-0.3, -0.25) is 0 Å². The van der Waals surface area contributed by atoms with Crippen molar-refractivity contribution in [3.63, 3.8) is 0 Å². The Morgan fingerprint density at radius 3 is 2.36 bits per heavy atom. The molecular weight excluding hydrogens is 452 g/mol. The highest BCUT2D eigenvalue weighted by Crippen LogP contribution is 2.69. The van der Waals surface area contributed by atoms with Crippen molar-refractivity contribution in [1.82, 2.24) is 0 Å². The Morgan fingerprint density at radius 2 is 1.67 bits per heavy atom. The number of hydrogen-bond donors (Lipinski definition) is 3. The monoisotopic (exact) mass is 506 g/mol. The van der Waals surface area contributed by atoms with Crippen LogP contribution >= 0.6 is 0 Å². The fraction of sp³-hybridized carbons (Fsp3) is 1.00. The smallest absolute Gasteiger partial charge is 0.157 e. The number of ether oxygens (including phenoxy) is 2. The second-order valence-corrected chi connectivity index (χ2v) is 14.1. The average molecular weight is 507 g/mol. The lowest BCUT2D eigenvalue weighted by Crippen LogP contribution is -2.62. The second-order valence-electron chi connectivity index (χ2n) is 14.1. The van der Waals surface area contributed by atoms with Gasteiger partial charge in [0.05, 0.1) is 12.2 Å². The standard InChI is InChI=1S/C31H54O5/c1-5-21-25-18-20(36-27-8-6-7-17-35-27)13-15-31(25,4)24-14-16-30(3)22(19(2)9-12-26(32)33)10-11-23(30)28(24)29(21)34/h19-29,32-34H,5-18H2,1-4H3/t19-,20-,21-,22?,23?,24?,25?,27?,28?,29-,30-,31-/m1/s1. The van der Waals surface area contributed by atoms with Gasteiger partial charge in [0.2, 0.25) is 0 Å². The zero-order valence-corrected chi connectivity index (χ0v) is 23.4. The fourth-order valence-electron chi connectivity index (χ4n) is 10.7. The van der Waals surface area contributed by atoms with Crippen LogP contribution in [0.1, 0.15) is 111 Å². The molecule has 0 spiro atoms. The van der Waals surface area contributed by atoms with E-state index in [0.29, 0.717) is 53.3 Å². The zero-order chi connectivity index (χ0) is 25.7. The van der Waals surface area contributed by atoms with Crippen LogP contribution < -0.4 is 0 Å². The molecule has 1 aliphatic heterocycles. The molecule has 0 radical (unpaired) electrons. The van der Waals surface area contributed by atoms with E-state index in [1.165, 1.54) is 38.5 Å². The molecule has 5 nitrogen and oxygen atoms in total. The number of hydrogen-bond acceptors (Lipinski definition) is 5. The highest BCUT2D eigenvalue weighted by molar-refractivity contribution is 5.13. The van der Waals surface area contributed by atoms with Crippen molar-refractivity contribution < 1.29 is 24.8 Å². The highest BCUT2D eigenvalue weighted by Gasteiger charge is 2.65. The van der Waals surface area contributed by atoms with Crippen molar-refractivity contribution in [3.05, 3.63) is 0 Å². The predicted molar refractivity (Wildman–Crippen MR) is 141 cm³/mol. The SMILES string of the molecule is CC[C@@H]1C2C[C@H](OC3CCCCO3)CC[C@]2(C)C2CC[C@@]3(C)C(CCC3[C@H](C)CCC(O)O)C2[C@@H]1O. The second kappa shape index (κ2) is 10.8. The molecule has 3 N–H and O–H groups in total. The van der Waals surface area contributed by atoms with Crippen molar-refractivity contribution in [2.24, 2.45) is 52.3 Å². The summed E-state index contributed by atoms with van der Waals surface area (Å²) in [6, 6.07) is 0. The molecule has 12 atom stereocenters. The van der Waals surface area contributed by atoms with Crippen molar-refractivity contribution in [2.75, 3.05) is 6.61 Å². The van der Waals surface area contributed by atoms with Crippen LogP contribution in [-0.4, -0.2) is 46.7 Å². The Bertz CT molecular complexity index is 736. The van der Waals surface area contributed by atoms with Crippen LogP contribution in [0.4, 0.5) is 0 Å². The van der Waals surface area contributed by atoms with Crippen molar-refractivity contribution in [1.29, 1.82) is 0 Å². The van der Waals surface area contributed by atoms with E-state index in [4.69, 9.17) is 9.47 Å². The molecule has 36 heavy (non-hydrogen) atoms. The molecule has 0 bridgehead atoms. The maximum absolute atomic E-state index is 12.1. The first-order valence-corrected chi connectivity index (χ1v) is 15.5. The Labute approximate surface area is 219 Å². The molecule has 1 heterocycles. The van der Waals surface area contributed by atoms with Crippen LogP contribution in [-0.2, 0) is 9.47 Å². The van der Waals surface area contributed by atoms with Gasteiger partial charge in [-0.25, -0.2) is 0 Å². The highest BCUT2D eigenvalue weighted by atomic mass is 16.7. The first kappa shape index (κ1) is 27.4. The van der Waals surface area contributed by atoms with Gasteiger partial charge in [-0.2, -0.15) is 0 Å². The minimum absolute atomic E-state index is 0.0193. The van der Waals surface area contributed by atoms with Gasteiger partial charge in [0.15, 0.2) is 12.6 Å². The molecule has 5 fully saturated rings. The predicted octanol–water partition coefficient (Wildman–Crippen LogP) is 5.89. The van der Waals surface area contributed by atoms with Crippen molar-refractivity contribution in [2.45, 2.75) is 136 Å². The number of aliphatic hydroxyl groups is 3. The zero-order valence-electron chi connectivity index (χ0n) is 23.4. The fourth-order valence-corrected chi connectivity index (χ4v) is 10.7. The summed E-state index contributed by atoms with van der Waals surface area (Å²) in [6.45, 7) is 10.6. The molecule has 0 aromatic carbocycles. The Kier molecular flexibility index (Phi) is 8.18. The van der Waals surface area contributed by atoms with Gasteiger partial charge in [-0.05, 0) is 129 Å². The summed E-state index contributed by atoms with van der Waals surface area (Å²) in [5.74, 6) is 3.63. The molecule has 5 aliphatic rings. The van der Waals surface area contributed by atoms with Gasteiger partial charge in [-0.1, -0.05) is 34.1 Å². The summed E-state index contributed by atoms with van der Waals surface area (Å²) in [6.07, 6.45) is 13.0. The molecule has 0 aromatic rings. The van der Waals surface area contributed by atoms with E-state index in [9.17, 15) is 15.3 Å². The normalized spacial score (nSPS) is 49.8. The largest absolute Gasteiger partial charge is 0.393 e. The Balaban J connectivity index is 1.34. The summed E-state index contributed by atoms with van der Waals surface area (Å²) in [4.78, 5) is 0. The molecule has 6 unspecified atom stereocenters. The lowest BCUT2D eigenvalue weighted by molar-refractivity contribution is -0.234. The topological polar surface area (TPSA) is 79.2 Å². The molecule has 0 amide bonds. The molecule has 4 aliphatic carbocycles. The molecule has 0 aromatic heterocycles. The molecule has 4 saturated carbocycles. The number of rotatable bonds is 7. The van der Waals surface area contributed by atoms with Crippen LogP contribution in [0.5, 0.6) is 0 Å². The molecule has 5 rings (SSSR count). The third-order valence-electron chi connectivity index (χ3n) is 12.5. The van der Waals surface area contributed by atoms with E-state index >= 15 is 0 Å². The van der Waals surface area contributed by atoms with Gasteiger partial charge in [0.1, 0.15) is 0 Å². The van der Waals surface area contributed by atoms with Gasteiger partial charge in [0.25, 0.3) is 0 Å². The minimum Gasteiger partial charge on any atom is -0.393 e. The first-order valence-electron chi connectivity index (χ1n) is 15.5. The molecular formula is C31H54O5. The lowest BCUT2D eigenvalue weighted by atomic mass is 9.41. The number of aliphatic hydroxyl groups excluding tert-OH is 2. The van der Waals surface area contributed by atoms with Gasteiger partial charge in [-0.15, -0.1) is 0 Å². The third-order valence-corrected chi connectivity index (χ3v) is 12.5. The average Bonchev–Trinajstić information content (AvgIpc) is 3.21. The molecule has 5 heteroatoms. The van der Waals surface area contributed by atoms with Crippen molar-refractivity contribution >= 4 is 0 Å². The van der Waals surface area contributed by atoms with E-state index < -0.39 is 6.29 Å². The summed E-state index contributed by atoms with van der Waals surface area (Å²) >= 11 is 0. The van der Waals surface area contributed by atoms with Gasteiger partial charge >= 0.3 is 0 Å².